The average Bonchev–Trinajstić information content (AvgIpc) is 2.48. The second-order valence-electron chi connectivity index (χ2n) is 5.20. The topological polar surface area (TPSA) is 28.2 Å². The molecule has 1 aromatic carbocycles. The zero-order valence-electron chi connectivity index (χ0n) is 12.6. The number of hydrogen-bond donors (Lipinski definition) is 1. The molecule has 3 nitrogen and oxygen atoms in total. The number of nitrogens with zero attached hydrogens (tertiary/aromatic N) is 2. The van der Waals surface area contributed by atoms with E-state index in [0.29, 0.717) is 0 Å². The van der Waals surface area contributed by atoms with Gasteiger partial charge < -0.3 is 10.2 Å². The van der Waals surface area contributed by atoms with E-state index in [1.165, 1.54) is 11.1 Å². The first-order valence-corrected chi connectivity index (χ1v) is 7.14. The Morgan fingerprint density at radius 2 is 1.90 bits per heavy atom. The molecule has 3 heteroatoms. The van der Waals surface area contributed by atoms with Crippen LogP contribution < -0.4 is 10.2 Å². The smallest absolute Gasteiger partial charge is 0.0573 e. The first-order valence-electron chi connectivity index (χ1n) is 7.14. The van der Waals surface area contributed by atoms with Crippen LogP contribution in [0.25, 0.3) is 0 Å². The van der Waals surface area contributed by atoms with E-state index in [0.717, 1.165) is 30.9 Å². The van der Waals surface area contributed by atoms with Crippen molar-refractivity contribution in [3.63, 3.8) is 0 Å². The van der Waals surface area contributed by atoms with Gasteiger partial charge in [-0.3, -0.25) is 4.98 Å². The molecule has 0 fully saturated rings. The fourth-order valence-corrected chi connectivity index (χ4v) is 2.06. The molecule has 1 heterocycles. The first-order chi connectivity index (χ1) is 9.69. The minimum absolute atomic E-state index is 0.888. The molecule has 1 N–H and O–H groups in total. The van der Waals surface area contributed by atoms with E-state index >= 15 is 0 Å². The number of aryl methyl sites for hydroxylation is 1. The summed E-state index contributed by atoms with van der Waals surface area (Å²) in [5, 5.41) is 3.37. The summed E-state index contributed by atoms with van der Waals surface area (Å²) in [6.07, 6.45) is 4.90. The second kappa shape index (κ2) is 6.94. The van der Waals surface area contributed by atoms with E-state index in [2.05, 4.69) is 66.4 Å². The average molecular weight is 269 g/mol. The van der Waals surface area contributed by atoms with Crippen molar-refractivity contribution < 1.29 is 0 Å². The minimum atomic E-state index is 0.888. The van der Waals surface area contributed by atoms with Crippen molar-refractivity contribution in [2.45, 2.75) is 26.8 Å². The van der Waals surface area contributed by atoms with Crippen LogP contribution in [0, 0.1) is 6.92 Å². The van der Waals surface area contributed by atoms with Gasteiger partial charge in [-0.05, 0) is 25.0 Å². The molecule has 0 aliphatic carbocycles. The lowest BCUT2D eigenvalue weighted by Gasteiger charge is -2.20. The lowest BCUT2D eigenvalue weighted by Crippen LogP contribution is -2.16. The zero-order valence-corrected chi connectivity index (χ0v) is 12.6. The van der Waals surface area contributed by atoms with Gasteiger partial charge in [-0.15, -0.1) is 0 Å². The van der Waals surface area contributed by atoms with Crippen molar-refractivity contribution >= 4 is 11.4 Å². The highest BCUT2D eigenvalue weighted by molar-refractivity contribution is 5.55. The molecular weight excluding hydrogens is 246 g/mol. The van der Waals surface area contributed by atoms with Gasteiger partial charge in [0.15, 0.2) is 0 Å². The van der Waals surface area contributed by atoms with Crippen LogP contribution in [0.2, 0.25) is 0 Å². The molecule has 0 atom stereocenters. The van der Waals surface area contributed by atoms with Crippen LogP contribution in [0.3, 0.4) is 0 Å². The van der Waals surface area contributed by atoms with Crippen LogP contribution in [-0.4, -0.2) is 18.6 Å². The Hall–Kier alpha value is -2.03. The SMILES string of the molecule is CCCNc1cncc(N(C)Cc2ccc(C)cc2)c1. The third-order valence-electron chi connectivity index (χ3n) is 3.28. The van der Waals surface area contributed by atoms with Crippen molar-refractivity contribution in [1.82, 2.24) is 4.98 Å². The summed E-state index contributed by atoms with van der Waals surface area (Å²) in [6.45, 7) is 6.14. The number of anilines is 2. The fraction of sp³-hybridized carbons (Fsp3) is 0.353. The van der Waals surface area contributed by atoms with Crippen LogP contribution in [0.4, 0.5) is 11.4 Å². The number of rotatable bonds is 6. The van der Waals surface area contributed by atoms with E-state index in [1.807, 2.05) is 12.4 Å². The molecule has 106 valence electrons. The van der Waals surface area contributed by atoms with Crippen molar-refractivity contribution in [2.75, 3.05) is 23.8 Å². The van der Waals surface area contributed by atoms with Gasteiger partial charge in [0, 0.05) is 20.1 Å². The first kappa shape index (κ1) is 14.4. The van der Waals surface area contributed by atoms with Crippen LogP contribution in [0.1, 0.15) is 24.5 Å². The summed E-state index contributed by atoms with van der Waals surface area (Å²) >= 11 is 0. The Labute approximate surface area is 121 Å². The Kier molecular flexibility index (Phi) is 4.99. The van der Waals surface area contributed by atoms with Crippen LogP contribution in [0.15, 0.2) is 42.7 Å². The van der Waals surface area contributed by atoms with Gasteiger partial charge in [0.1, 0.15) is 0 Å². The molecule has 0 saturated carbocycles. The van der Waals surface area contributed by atoms with Crippen molar-refractivity contribution in [3.8, 4) is 0 Å². The highest BCUT2D eigenvalue weighted by atomic mass is 15.1. The number of aromatic nitrogens is 1. The number of benzene rings is 1. The van der Waals surface area contributed by atoms with Gasteiger partial charge in [-0.25, -0.2) is 0 Å². The second-order valence-corrected chi connectivity index (χ2v) is 5.20. The van der Waals surface area contributed by atoms with E-state index in [4.69, 9.17) is 0 Å². The largest absolute Gasteiger partial charge is 0.384 e. The molecule has 0 amide bonds. The third-order valence-corrected chi connectivity index (χ3v) is 3.28. The summed E-state index contributed by atoms with van der Waals surface area (Å²) in [7, 11) is 2.10. The highest BCUT2D eigenvalue weighted by Crippen LogP contribution is 2.18. The third kappa shape index (κ3) is 3.98. The predicted molar refractivity (Wildman–Crippen MR) is 86.3 cm³/mol. The number of pyridine rings is 1. The van der Waals surface area contributed by atoms with E-state index in [1.54, 1.807) is 0 Å². The lowest BCUT2D eigenvalue weighted by atomic mass is 10.1. The van der Waals surface area contributed by atoms with Gasteiger partial charge in [-0.2, -0.15) is 0 Å². The Balaban J connectivity index is 2.04. The molecule has 1 aromatic heterocycles. The fourth-order valence-electron chi connectivity index (χ4n) is 2.06. The van der Waals surface area contributed by atoms with Gasteiger partial charge in [0.25, 0.3) is 0 Å². The van der Waals surface area contributed by atoms with Crippen molar-refractivity contribution in [1.29, 1.82) is 0 Å². The van der Waals surface area contributed by atoms with Crippen molar-refractivity contribution in [3.05, 3.63) is 53.9 Å². The van der Waals surface area contributed by atoms with E-state index in [-0.39, 0.29) is 0 Å². The number of nitrogens with one attached hydrogen (secondary N) is 1. The maximum atomic E-state index is 4.31. The number of hydrogen-bond acceptors (Lipinski definition) is 3. The molecule has 0 spiro atoms. The monoisotopic (exact) mass is 269 g/mol. The minimum Gasteiger partial charge on any atom is -0.384 e. The van der Waals surface area contributed by atoms with Crippen LogP contribution in [0.5, 0.6) is 0 Å². The van der Waals surface area contributed by atoms with Crippen LogP contribution in [-0.2, 0) is 6.54 Å². The molecule has 2 rings (SSSR count). The normalized spacial score (nSPS) is 10.3. The van der Waals surface area contributed by atoms with Gasteiger partial charge >= 0.3 is 0 Å². The molecule has 0 aliphatic heterocycles. The molecule has 0 radical (unpaired) electrons. The molecule has 0 unspecified atom stereocenters. The summed E-state index contributed by atoms with van der Waals surface area (Å²) in [6, 6.07) is 10.8. The zero-order chi connectivity index (χ0) is 14.4. The van der Waals surface area contributed by atoms with Gasteiger partial charge in [0.05, 0.1) is 23.8 Å². The van der Waals surface area contributed by atoms with Gasteiger partial charge in [-0.1, -0.05) is 36.8 Å². The molecule has 20 heavy (non-hydrogen) atoms. The molecular formula is C17H23N3. The molecule has 0 bridgehead atoms. The van der Waals surface area contributed by atoms with Gasteiger partial charge in [0.2, 0.25) is 0 Å². The standard InChI is InChI=1S/C17H23N3/c1-4-9-19-16-10-17(12-18-11-16)20(3)13-15-7-5-14(2)6-8-15/h5-8,10-12,19H,4,9,13H2,1-3H3. The molecule has 0 saturated heterocycles. The lowest BCUT2D eigenvalue weighted by molar-refractivity contribution is 0.915. The van der Waals surface area contributed by atoms with E-state index in [9.17, 15) is 0 Å². The summed E-state index contributed by atoms with van der Waals surface area (Å²) in [5.74, 6) is 0. The van der Waals surface area contributed by atoms with Crippen molar-refractivity contribution in [2.24, 2.45) is 0 Å². The van der Waals surface area contributed by atoms with E-state index < -0.39 is 0 Å². The molecule has 2 aromatic rings. The maximum absolute atomic E-state index is 4.31. The predicted octanol–water partition coefficient (Wildman–Crippen LogP) is 3.85. The summed E-state index contributed by atoms with van der Waals surface area (Å²) in [4.78, 5) is 6.53. The summed E-state index contributed by atoms with van der Waals surface area (Å²) < 4.78 is 0. The summed E-state index contributed by atoms with van der Waals surface area (Å²) in [5.41, 5.74) is 4.82. The van der Waals surface area contributed by atoms with Crippen LogP contribution >= 0.6 is 0 Å². The Bertz CT molecular complexity index is 534. The molecule has 0 aliphatic rings. The Morgan fingerprint density at radius 1 is 1.15 bits per heavy atom. The maximum Gasteiger partial charge on any atom is 0.0573 e. The highest BCUT2D eigenvalue weighted by Gasteiger charge is 2.04. The Morgan fingerprint density at radius 3 is 2.60 bits per heavy atom. The quantitative estimate of drug-likeness (QED) is 0.863.